The van der Waals surface area contributed by atoms with E-state index in [2.05, 4.69) is 35.2 Å². The van der Waals surface area contributed by atoms with Gasteiger partial charge in [0.05, 0.1) is 18.9 Å². The molecule has 122 valence electrons. The summed E-state index contributed by atoms with van der Waals surface area (Å²) in [7, 11) is 0. The van der Waals surface area contributed by atoms with Gasteiger partial charge in [-0.1, -0.05) is 36.4 Å². The smallest absolute Gasteiger partial charge is 0.142 e. The Kier molecular flexibility index (Phi) is 5.51. The van der Waals surface area contributed by atoms with Gasteiger partial charge in [-0.3, -0.25) is 4.90 Å². The quantitative estimate of drug-likeness (QED) is 0.833. The Labute approximate surface area is 137 Å². The maximum absolute atomic E-state index is 6.14. The maximum Gasteiger partial charge on any atom is 0.142 e. The van der Waals surface area contributed by atoms with Crippen LogP contribution >= 0.6 is 0 Å². The Bertz CT molecular complexity index is 610. The summed E-state index contributed by atoms with van der Waals surface area (Å²) in [6.45, 7) is 5.16. The van der Waals surface area contributed by atoms with Crippen LogP contribution in [0.1, 0.15) is 11.1 Å². The SMILES string of the molecule is Nc1cc(Cc2ccccc2)ccc1OCCN1CCOCC1. The summed E-state index contributed by atoms with van der Waals surface area (Å²) in [4.78, 5) is 2.35. The summed E-state index contributed by atoms with van der Waals surface area (Å²) in [5.74, 6) is 0.773. The van der Waals surface area contributed by atoms with Crippen LogP contribution in [0.3, 0.4) is 0 Å². The van der Waals surface area contributed by atoms with Gasteiger partial charge in [-0.15, -0.1) is 0 Å². The van der Waals surface area contributed by atoms with Crippen molar-refractivity contribution in [3.63, 3.8) is 0 Å². The molecule has 2 N–H and O–H groups in total. The van der Waals surface area contributed by atoms with Crippen LogP contribution in [0.4, 0.5) is 5.69 Å². The summed E-state index contributed by atoms with van der Waals surface area (Å²) in [6.07, 6.45) is 0.888. The van der Waals surface area contributed by atoms with Gasteiger partial charge in [0.15, 0.2) is 0 Å². The second-order valence-corrected chi connectivity index (χ2v) is 5.84. The van der Waals surface area contributed by atoms with Crippen molar-refractivity contribution in [3.8, 4) is 5.75 Å². The Balaban J connectivity index is 1.52. The zero-order valence-electron chi connectivity index (χ0n) is 13.4. The molecule has 4 nitrogen and oxygen atoms in total. The van der Waals surface area contributed by atoms with E-state index in [0.717, 1.165) is 45.0 Å². The van der Waals surface area contributed by atoms with Crippen molar-refractivity contribution in [2.45, 2.75) is 6.42 Å². The molecule has 0 atom stereocenters. The van der Waals surface area contributed by atoms with Crippen LogP contribution in [0.25, 0.3) is 0 Å². The number of hydrogen-bond donors (Lipinski definition) is 1. The lowest BCUT2D eigenvalue weighted by molar-refractivity contribution is 0.0323. The van der Waals surface area contributed by atoms with E-state index in [4.69, 9.17) is 15.2 Å². The molecular formula is C19H24N2O2. The third-order valence-corrected chi connectivity index (χ3v) is 4.09. The van der Waals surface area contributed by atoms with Gasteiger partial charge >= 0.3 is 0 Å². The van der Waals surface area contributed by atoms with E-state index >= 15 is 0 Å². The maximum atomic E-state index is 6.14. The number of nitrogens with two attached hydrogens (primary N) is 1. The van der Waals surface area contributed by atoms with E-state index in [1.807, 2.05) is 18.2 Å². The molecular weight excluding hydrogens is 288 g/mol. The van der Waals surface area contributed by atoms with Gasteiger partial charge in [-0.25, -0.2) is 0 Å². The third-order valence-electron chi connectivity index (χ3n) is 4.09. The van der Waals surface area contributed by atoms with Crippen molar-refractivity contribution in [3.05, 3.63) is 59.7 Å². The monoisotopic (exact) mass is 312 g/mol. The first-order valence-corrected chi connectivity index (χ1v) is 8.16. The number of nitrogen functional groups attached to an aromatic ring is 1. The minimum Gasteiger partial charge on any atom is -0.490 e. The normalized spacial score (nSPS) is 15.5. The predicted molar refractivity (Wildman–Crippen MR) is 92.9 cm³/mol. The first kappa shape index (κ1) is 15.8. The minimum atomic E-state index is 0.655. The van der Waals surface area contributed by atoms with Crippen molar-refractivity contribution in [2.24, 2.45) is 0 Å². The fraction of sp³-hybridized carbons (Fsp3) is 0.368. The Morgan fingerprint density at radius 1 is 1.00 bits per heavy atom. The number of nitrogens with zero attached hydrogens (tertiary/aromatic N) is 1. The van der Waals surface area contributed by atoms with Crippen LogP contribution in [0.2, 0.25) is 0 Å². The highest BCUT2D eigenvalue weighted by atomic mass is 16.5. The Hall–Kier alpha value is -2.04. The lowest BCUT2D eigenvalue weighted by Crippen LogP contribution is -2.38. The average molecular weight is 312 g/mol. The molecule has 0 radical (unpaired) electrons. The molecule has 0 saturated carbocycles. The van der Waals surface area contributed by atoms with E-state index < -0.39 is 0 Å². The number of anilines is 1. The molecule has 1 fully saturated rings. The van der Waals surface area contributed by atoms with Gasteiger partial charge < -0.3 is 15.2 Å². The lowest BCUT2D eigenvalue weighted by atomic mass is 10.0. The first-order chi connectivity index (χ1) is 11.3. The summed E-state index contributed by atoms with van der Waals surface area (Å²) in [5.41, 5.74) is 9.33. The Morgan fingerprint density at radius 2 is 1.78 bits per heavy atom. The fourth-order valence-electron chi connectivity index (χ4n) is 2.78. The van der Waals surface area contributed by atoms with Gasteiger partial charge in [-0.05, 0) is 29.7 Å². The second kappa shape index (κ2) is 7.99. The summed E-state index contributed by atoms with van der Waals surface area (Å²) >= 11 is 0. The zero-order valence-corrected chi connectivity index (χ0v) is 13.4. The molecule has 1 saturated heterocycles. The molecule has 0 amide bonds. The highest BCUT2D eigenvalue weighted by molar-refractivity contribution is 5.54. The van der Waals surface area contributed by atoms with Crippen molar-refractivity contribution in [2.75, 3.05) is 45.2 Å². The van der Waals surface area contributed by atoms with Crippen LogP contribution in [-0.2, 0) is 11.2 Å². The van der Waals surface area contributed by atoms with E-state index in [1.165, 1.54) is 11.1 Å². The van der Waals surface area contributed by atoms with Crippen LogP contribution < -0.4 is 10.5 Å². The number of hydrogen-bond acceptors (Lipinski definition) is 4. The highest BCUT2D eigenvalue weighted by Crippen LogP contribution is 2.24. The molecule has 23 heavy (non-hydrogen) atoms. The van der Waals surface area contributed by atoms with Crippen LogP contribution in [0, 0.1) is 0 Å². The standard InChI is InChI=1S/C19H24N2O2/c20-18-15-17(14-16-4-2-1-3-5-16)6-7-19(18)23-13-10-21-8-11-22-12-9-21/h1-7,15H,8-14,20H2. The van der Waals surface area contributed by atoms with Gasteiger partial charge in [0.2, 0.25) is 0 Å². The molecule has 0 aliphatic carbocycles. The molecule has 0 aromatic heterocycles. The van der Waals surface area contributed by atoms with Crippen LogP contribution in [-0.4, -0.2) is 44.4 Å². The van der Waals surface area contributed by atoms with Gasteiger partial charge in [0, 0.05) is 19.6 Å². The van der Waals surface area contributed by atoms with Crippen LogP contribution in [0.5, 0.6) is 5.75 Å². The van der Waals surface area contributed by atoms with Crippen molar-refractivity contribution in [1.29, 1.82) is 0 Å². The van der Waals surface area contributed by atoms with Gasteiger partial charge in [0.25, 0.3) is 0 Å². The molecule has 3 rings (SSSR count). The van der Waals surface area contributed by atoms with Crippen LogP contribution in [0.15, 0.2) is 48.5 Å². The second-order valence-electron chi connectivity index (χ2n) is 5.84. The van der Waals surface area contributed by atoms with E-state index in [-0.39, 0.29) is 0 Å². The molecule has 2 aromatic rings. The Morgan fingerprint density at radius 3 is 2.52 bits per heavy atom. The fourth-order valence-corrected chi connectivity index (χ4v) is 2.78. The van der Waals surface area contributed by atoms with Crippen molar-refractivity contribution >= 4 is 5.69 Å². The third kappa shape index (κ3) is 4.71. The molecule has 4 heteroatoms. The van der Waals surface area contributed by atoms with E-state index in [1.54, 1.807) is 0 Å². The van der Waals surface area contributed by atoms with E-state index in [9.17, 15) is 0 Å². The zero-order chi connectivity index (χ0) is 15.9. The molecule has 1 aliphatic heterocycles. The minimum absolute atomic E-state index is 0.655. The molecule has 0 unspecified atom stereocenters. The summed E-state index contributed by atoms with van der Waals surface area (Å²) in [5, 5.41) is 0. The largest absolute Gasteiger partial charge is 0.490 e. The van der Waals surface area contributed by atoms with E-state index in [0.29, 0.717) is 12.3 Å². The van der Waals surface area contributed by atoms with Gasteiger partial charge in [-0.2, -0.15) is 0 Å². The number of ether oxygens (including phenoxy) is 2. The molecule has 0 spiro atoms. The van der Waals surface area contributed by atoms with Gasteiger partial charge in [0.1, 0.15) is 12.4 Å². The molecule has 0 bridgehead atoms. The molecule has 2 aromatic carbocycles. The number of rotatable bonds is 6. The number of morpholine rings is 1. The highest BCUT2D eigenvalue weighted by Gasteiger charge is 2.10. The predicted octanol–water partition coefficient (Wildman–Crippen LogP) is 2.57. The summed E-state index contributed by atoms with van der Waals surface area (Å²) < 4.78 is 11.2. The average Bonchev–Trinajstić information content (AvgIpc) is 2.59. The summed E-state index contributed by atoms with van der Waals surface area (Å²) in [6, 6.07) is 16.5. The number of benzene rings is 2. The first-order valence-electron chi connectivity index (χ1n) is 8.16. The molecule has 1 aliphatic rings. The van der Waals surface area contributed by atoms with Crippen molar-refractivity contribution < 1.29 is 9.47 Å². The molecule has 1 heterocycles. The van der Waals surface area contributed by atoms with Crippen molar-refractivity contribution in [1.82, 2.24) is 4.90 Å². The topological polar surface area (TPSA) is 47.7 Å². The lowest BCUT2D eigenvalue weighted by Gasteiger charge is -2.26.